The molecule has 0 aromatic heterocycles. The number of para-hydroxylation sites is 1. The molecule has 2 aromatic rings. The van der Waals surface area contributed by atoms with Crippen molar-refractivity contribution < 1.29 is 9.53 Å². The number of halogens is 1. The van der Waals surface area contributed by atoms with Gasteiger partial charge in [-0.1, -0.05) is 42.8 Å². The molecule has 0 radical (unpaired) electrons. The van der Waals surface area contributed by atoms with E-state index < -0.39 is 0 Å². The highest BCUT2D eigenvalue weighted by molar-refractivity contribution is 6.30. The maximum atomic E-state index is 11.7. The van der Waals surface area contributed by atoms with Crippen molar-refractivity contribution in [1.29, 1.82) is 0 Å². The zero-order valence-corrected chi connectivity index (χ0v) is 13.2. The second-order valence-corrected chi connectivity index (χ2v) is 5.14. The lowest BCUT2D eigenvalue weighted by molar-refractivity contribution is 0.247. The Hall–Kier alpha value is -2.20. The van der Waals surface area contributed by atoms with Gasteiger partial charge in [0.1, 0.15) is 12.4 Å². The predicted octanol–water partition coefficient (Wildman–Crippen LogP) is 4.10. The first-order chi connectivity index (χ1) is 10.7. The molecule has 0 heterocycles. The smallest absolute Gasteiger partial charge is 0.319 e. The molecule has 2 amide bonds. The van der Waals surface area contributed by atoms with Gasteiger partial charge in [-0.15, -0.1) is 0 Å². The van der Waals surface area contributed by atoms with Gasteiger partial charge in [0.05, 0.1) is 6.54 Å². The number of rotatable bonds is 6. The van der Waals surface area contributed by atoms with Crippen LogP contribution in [-0.2, 0) is 6.42 Å². The van der Waals surface area contributed by atoms with Crippen LogP contribution in [0.2, 0.25) is 5.02 Å². The van der Waals surface area contributed by atoms with E-state index in [0.717, 1.165) is 17.7 Å². The van der Waals surface area contributed by atoms with Gasteiger partial charge in [-0.2, -0.15) is 0 Å². The molecule has 2 N–H and O–H groups in total. The summed E-state index contributed by atoms with van der Waals surface area (Å²) in [5.74, 6) is 0.863. The standard InChI is InChI=1S/C17H19ClN2O2/c1-2-13-6-3-4-9-16(13)22-11-10-19-17(21)20-15-8-5-7-14(18)12-15/h3-9,12H,2,10-11H2,1H3,(H2,19,20,21). The number of nitrogens with one attached hydrogen (secondary N) is 2. The molecular formula is C17H19ClN2O2. The van der Waals surface area contributed by atoms with Gasteiger partial charge in [-0.3, -0.25) is 0 Å². The van der Waals surface area contributed by atoms with Crippen LogP contribution in [0.1, 0.15) is 12.5 Å². The van der Waals surface area contributed by atoms with Crippen LogP contribution in [0, 0.1) is 0 Å². The monoisotopic (exact) mass is 318 g/mol. The molecule has 0 aliphatic carbocycles. The van der Waals surface area contributed by atoms with E-state index in [1.807, 2.05) is 24.3 Å². The third kappa shape index (κ3) is 4.97. The highest BCUT2D eigenvalue weighted by Crippen LogP contribution is 2.18. The van der Waals surface area contributed by atoms with Gasteiger partial charge in [0.2, 0.25) is 0 Å². The number of amides is 2. The van der Waals surface area contributed by atoms with Gasteiger partial charge in [-0.25, -0.2) is 4.79 Å². The average Bonchev–Trinajstić information content (AvgIpc) is 2.52. The van der Waals surface area contributed by atoms with Gasteiger partial charge in [0, 0.05) is 10.7 Å². The maximum Gasteiger partial charge on any atom is 0.319 e. The zero-order valence-electron chi connectivity index (χ0n) is 12.4. The van der Waals surface area contributed by atoms with Crippen LogP contribution >= 0.6 is 11.6 Å². The molecule has 22 heavy (non-hydrogen) atoms. The van der Waals surface area contributed by atoms with Crippen molar-refractivity contribution in [3.05, 3.63) is 59.1 Å². The summed E-state index contributed by atoms with van der Waals surface area (Å²) < 4.78 is 5.68. The second kappa shape index (κ2) is 8.29. The summed E-state index contributed by atoms with van der Waals surface area (Å²) in [6.07, 6.45) is 0.916. The summed E-state index contributed by atoms with van der Waals surface area (Å²) >= 11 is 5.86. The van der Waals surface area contributed by atoms with Crippen molar-refractivity contribution in [1.82, 2.24) is 5.32 Å². The minimum absolute atomic E-state index is 0.283. The summed E-state index contributed by atoms with van der Waals surface area (Å²) in [7, 11) is 0. The molecule has 0 bridgehead atoms. The van der Waals surface area contributed by atoms with Crippen molar-refractivity contribution in [2.24, 2.45) is 0 Å². The number of carbonyl (C=O) groups is 1. The zero-order chi connectivity index (χ0) is 15.8. The summed E-state index contributed by atoms with van der Waals surface area (Å²) in [5.41, 5.74) is 1.81. The molecular weight excluding hydrogens is 300 g/mol. The number of ether oxygens (including phenoxy) is 1. The molecule has 0 saturated carbocycles. The van der Waals surface area contributed by atoms with Crippen molar-refractivity contribution in [3.63, 3.8) is 0 Å². The Kier molecular flexibility index (Phi) is 6.10. The first-order valence-corrected chi connectivity index (χ1v) is 7.58. The van der Waals surface area contributed by atoms with Crippen molar-refractivity contribution in [3.8, 4) is 5.75 Å². The molecule has 0 aliphatic rings. The number of benzene rings is 2. The molecule has 0 spiro atoms. The Labute approximate surface area is 135 Å². The van der Waals surface area contributed by atoms with Gasteiger partial charge < -0.3 is 15.4 Å². The Bertz CT molecular complexity index is 632. The second-order valence-electron chi connectivity index (χ2n) is 4.70. The predicted molar refractivity (Wildman–Crippen MR) is 89.8 cm³/mol. The Balaban J connectivity index is 1.73. The van der Waals surface area contributed by atoms with Crippen LogP contribution in [0.15, 0.2) is 48.5 Å². The van der Waals surface area contributed by atoms with E-state index in [2.05, 4.69) is 17.6 Å². The normalized spacial score (nSPS) is 10.1. The Morgan fingerprint density at radius 2 is 2.00 bits per heavy atom. The lowest BCUT2D eigenvalue weighted by Gasteiger charge is -2.11. The number of anilines is 1. The third-order valence-electron chi connectivity index (χ3n) is 3.08. The first-order valence-electron chi connectivity index (χ1n) is 7.20. The lowest BCUT2D eigenvalue weighted by atomic mass is 10.1. The van der Waals surface area contributed by atoms with Crippen LogP contribution < -0.4 is 15.4 Å². The summed E-state index contributed by atoms with van der Waals surface area (Å²) in [4.78, 5) is 11.7. The lowest BCUT2D eigenvalue weighted by Crippen LogP contribution is -2.32. The van der Waals surface area contributed by atoms with E-state index in [1.165, 1.54) is 0 Å². The number of hydrogen-bond acceptors (Lipinski definition) is 2. The molecule has 0 aliphatic heterocycles. The van der Waals surface area contributed by atoms with Crippen LogP contribution in [0.4, 0.5) is 10.5 Å². The van der Waals surface area contributed by atoms with E-state index in [9.17, 15) is 4.79 Å². The number of hydrogen-bond donors (Lipinski definition) is 2. The third-order valence-corrected chi connectivity index (χ3v) is 3.32. The fourth-order valence-corrected chi connectivity index (χ4v) is 2.19. The Morgan fingerprint density at radius 1 is 1.18 bits per heavy atom. The van der Waals surface area contributed by atoms with E-state index in [0.29, 0.717) is 23.9 Å². The van der Waals surface area contributed by atoms with Crippen molar-refractivity contribution in [2.45, 2.75) is 13.3 Å². The molecule has 0 atom stereocenters. The van der Waals surface area contributed by atoms with E-state index in [-0.39, 0.29) is 6.03 Å². The van der Waals surface area contributed by atoms with E-state index in [4.69, 9.17) is 16.3 Å². The summed E-state index contributed by atoms with van der Waals surface area (Å²) in [5, 5.41) is 6.03. The average molecular weight is 319 g/mol. The van der Waals surface area contributed by atoms with Gasteiger partial charge in [-0.05, 0) is 36.2 Å². The van der Waals surface area contributed by atoms with Crippen molar-refractivity contribution in [2.75, 3.05) is 18.5 Å². The molecule has 4 nitrogen and oxygen atoms in total. The minimum Gasteiger partial charge on any atom is -0.491 e. The first kappa shape index (κ1) is 16.2. The molecule has 0 fully saturated rings. The molecule has 2 aromatic carbocycles. The van der Waals surface area contributed by atoms with Crippen LogP contribution in [0.25, 0.3) is 0 Å². The molecule has 0 saturated heterocycles. The number of carbonyl (C=O) groups excluding carboxylic acids is 1. The summed E-state index contributed by atoms with van der Waals surface area (Å²) in [6, 6.07) is 14.6. The number of aryl methyl sites for hydroxylation is 1. The van der Waals surface area contributed by atoms with Gasteiger partial charge >= 0.3 is 6.03 Å². The minimum atomic E-state index is -0.283. The highest BCUT2D eigenvalue weighted by Gasteiger charge is 2.03. The van der Waals surface area contributed by atoms with Gasteiger partial charge in [0.25, 0.3) is 0 Å². The van der Waals surface area contributed by atoms with Crippen molar-refractivity contribution >= 4 is 23.3 Å². The molecule has 5 heteroatoms. The molecule has 116 valence electrons. The largest absolute Gasteiger partial charge is 0.491 e. The topological polar surface area (TPSA) is 50.4 Å². The van der Waals surface area contributed by atoms with E-state index >= 15 is 0 Å². The highest BCUT2D eigenvalue weighted by atomic mass is 35.5. The SMILES string of the molecule is CCc1ccccc1OCCNC(=O)Nc1cccc(Cl)c1. The maximum absolute atomic E-state index is 11.7. The van der Waals surface area contributed by atoms with Crippen LogP contribution in [0.5, 0.6) is 5.75 Å². The number of urea groups is 1. The van der Waals surface area contributed by atoms with E-state index in [1.54, 1.807) is 24.3 Å². The van der Waals surface area contributed by atoms with Crippen LogP contribution in [-0.4, -0.2) is 19.2 Å². The van der Waals surface area contributed by atoms with Gasteiger partial charge in [0.15, 0.2) is 0 Å². The Morgan fingerprint density at radius 3 is 2.77 bits per heavy atom. The fraction of sp³-hybridized carbons (Fsp3) is 0.235. The molecule has 0 unspecified atom stereocenters. The van der Waals surface area contributed by atoms with Crippen LogP contribution in [0.3, 0.4) is 0 Å². The fourth-order valence-electron chi connectivity index (χ4n) is 2.00. The quantitative estimate of drug-likeness (QED) is 0.788. The summed E-state index contributed by atoms with van der Waals surface area (Å²) in [6.45, 7) is 2.92. The molecule has 2 rings (SSSR count).